The summed E-state index contributed by atoms with van der Waals surface area (Å²) in [7, 11) is 0. The highest BCUT2D eigenvalue weighted by Crippen LogP contribution is 2.16. The number of nitrogens with one attached hydrogen (secondary N) is 2. The van der Waals surface area contributed by atoms with Gasteiger partial charge in [-0.2, -0.15) is 0 Å². The van der Waals surface area contributed by atoms with Crippen molar-refractivity contribution in [3.05, 3.63) is 70.7 Å². The van der Waals surface area contributed by atoms with Gasteiger partial charge < -0.3 is 15.7 Å². The summed E-state index contributed by atoms with van der Waals surface area (Å²) in [6.45, 7) is 3.87. The van der Waals surface area contributed by atoms with E-state index >= 15 is 0 Å². The van der Waals surface area contributed by atoms with Crippen LogP contribution in [0.1, 0.15) is 24.2 Å². The number of benzene rings is 2. The predicted octanol–water partition coefficient (Wildman–Crippen LogP) is 3.17. The lowest BCUT2D eigenvalue weighted by molar-refractivity contribution is 0.187. The fraction of sp³-hybridized carbons (Fsp3) is 0.316. The molecule has 4 nitrogen and oxygen atoms in total. The van der Waals surface area contributed by atoms with Gasteiger partial charge in [-0.3, -0.25) is 4.99 Å². The molecular weight excluding hydrogens is 322 g/mol. The molecule has 0 aliphatic heterocycles. The molecule has 0 aliphatic carbocycles. The van der Waals surface area contributed by atoms with Crippen molar-refractivity contribution in [3.63, 3.8) is 0 Å². The molecule has 0 bridgehead atoms. The van der Waals surface area contributed by atoms with E-state index in [1.165, 1.54) is 5.56 Å². The van der Waals surface area contributed by atoms with Crippen LogP contribution in [0.3, 0.4) is 0 Å². The summed E-state index contributed by atoms with van der Waals surface area (Å²) >= 11 is 5.86. The smallest absolute Gasteiger partial charge is 0.191 e. The van der Waals surface area contributed by atoms with Crippen LogP contribution in [-0.2, 0) is 6.42 Å². The topological polar surface area (TPSA) is 56.7 Å². The summed E-state index contributed by atoms with van der Waals surface area (Å²) in [6.07, 6.45) is 0.275. The van der Waals surface area contributed by atoms with Crippen LogP contribution in [0.4, 0.5) is 0 Å². The Bertz CT molecular complexity index is 629. The second-order valence-corrected chi connectivity index (χ2v) is 5.89. The van der Waals surface area contributed by atoms with Gasteiger partial charge in [-0.25, -0.2) is 0 Å². The van der Waals surface area contributed by atoms with E-state index < -0.39 is 6.10 Å². The van der Waals surface area contributed by atoms with Crippen LogP contribution < -0.4 is 10.6 Å². The number of rotatable bonds is 7. The lowest BCUT2D eigenvalue weighted by Crippen LogP contribution is -2.38. The first-order valence-electron chi connectivity index (χ1n) is 8.18. The minimum Gasteiger partial charge on any atom is -0.386 e. The third kappa shape index (κ3) is 6.22. The Kier molecular flexibility index (Phi) is 7.59. The summed E-state index contributed by atoms with van der Waals surface area (Å²) in [5.41, 5.74) is 2.09. The first kappa shape index (κ1) is 18.3. The number of halogens is 1. The average molecular weight is 346 g/mol. The predicted molar refractivity (Wildman–Crippen MR) is 101 cm³/mol. The van der Waals surface area contributed by atoms with Gasteiger partial charge in [0.25, 0.3) is 0 Å². The van der Waals surface area contributed by atoms with Gasteiger partial charge in [-0.05, 0) is 36.6 Å². The highest BCUT2D eigenvalue weighted by atomic mass is 35.5. The SMILES string of the molecule is CCNC(=NCC(O)c1ccc(Cl)cc1)NCCc1ccccc1. The molecule has 0 amide bonds. The van der Waals surface area contributed by atoms with E-state index in [1.807, 2.05) is 37.3 Å². The Labute approximate surface area is 148 Å². The molecule has 128 valence electrons. The molecule has 0 fully saturated rings. The van der Waals surface area contributed by atoms with Crippen LogP contribution >= 0.6 is 11.6 Å². The van der Waals surface area contributed by atoms with E-state index in [4.69, 9.17) is 11.6 Å². The van der Waals surface area contributed by atoms with Gasteiger partial charge in [0.2, 0.25) is 0 Å². The Morgan fingerprint density at radius 3 is 2.46 bits per heavy atom. The van der Waals surface area contributed by atoms with E-state index in [1.54, 1.807) is 12.1 Å². The van der Waals surface area contributed by atoms with Gasteiger partial charge in [0.05, 0.1) is 12.6 Å². The molecule has 1 unspecified atom stereocenters. The molecule has 2 aromatic carbocycles. The highest BCUT2D eigenvalue weighted by Gasteiger charge is 2.07. The molecule has 0 saturated carbocycles. The summed E-state index contributed by atoms with van der Waals surface area (Å²) in [4.78, 5) is 4.45. The van der Waals surface area contributed by atoms with Crippen molar-refractivity contribution in [1.82, 2.24) is 10.6 Å². The van der Waals surface area contributed by atoms with E-state index in [0.717, 1.165) is 25.1 Å². The number of aliphatic hydroxyl groups excluding tert-OH is 1. The Balaban J connectivity index is 1.86. The van der Waals surface area contributed by atoms with Crippen LogP contribution in [0.2, 0.25) is 5.02 Å². The maximum atomic E-state index is 10.2. The van der Waals surface area contributed by atoms with E-state index in [-0.39, 0.29) is 0 Å². The lowest BCUT2D eigenvalue weighted by atomic mass is 10.1. The van der Waals surface area contributed by atoms with Crippen LogP contribution in [0, 0.1) is 0 Å². The van der Waals surface area contributed by atoms with Crippen LogP contribution in [0.15, 0.2) is 59.6 Å². The molecule has 2 aromatic rings. The van der Waals surface area contributed by atoms with E-state index in [9.17, 15) is 5.11 Å². The minimum absolute atomic E-state index is 0.294. The van der Waals surface area contributed by atoms with Crippen molar-refractivity contribution in [2.45, 2.75) is 19.4 Å². The zero-order chi connectivity index (χ0) is 17.2. The van der Waals surface area contributed by atoms with Crippen molar-refractivity contribution in [2.24, 2.45) is 4.99 Å². The first-order valence-corrected chi connectivity index (χ1v) is 8.56. The zero-order valence-corrected chi connectivity index (χ0v) is 14.6. The number of hydrogen-bond donors (Lipinski definition) is 3. The van der Waals surface area contributed by atoms with Gasteiger partial charge in [-0.1, -0.05) is 54.1 Å². The molecule has 0 saturated heterocycles. The Morgan fingerprint density at radius 1 is 1.08 bits per heavy atom. The van der Waals surface area contributed by atoms with Gasteiger partial charge in [-0.15, -0.1) is 0 Å². The largest absolute Gasteiger partial charge is 0.386 e. The zero-order valence-electron chi connectivity index (χ0n) is 13.9. The second-order valence-electron chi connectivity index (χ2n) is 5.45. The number of nitrogens with zero attached hydrogens (tertiary/aromatic N) is 1. The highest BCUT2D eigenvalue weighted by molar-refractivity contribution is 6.30. The van der Waals surface area contributed by atoms with Crippen molar-refractivity contribution >= 4 is 17.6 Å². The van der Waals surface area contributed by atoms with Crippen molar-refractivity contribution in [2.75, 3.05) is 19.6 Å². The van der Waals surface area contributed by atoms with Crippen molar-refractivity contribution in [1.29, 1.82) is 0 Å². The van der Waals surface area contributed by atoms with E-state index in [2.05, 4.69) is 27.8 Å². The molecule has 1 atom stereocenters. The fourth-order valence-corrected chi connectivity index (χ4v) is 2.41. The number of aliphatic hydroxyl groups is 1. The van der Waals surface area contributed by atoms with Gasteiger partial charge in [0.1, 0.15) is 0 Å². The van der Waals surface area contributed by atoms with Crippen LogP contribution in [0.25, 0.3) is 0 Å². The molecular formula is C19H24ClN3O. The molecule has 5 heteroatoms. The first-order chi connectivity index (χ1) is 11.7. The third-order valence-electron chi connectivity index (χ3n) is 3.57. The molecule has 0 aromatic heterocycles. The number of aliphatic imine (C=N–C) groups is 1. The fourth-order valence-electron chi connectivity index (χ4n) is 2.28. The lowest BCUT2D eigenvalue weighted by Gasteiger charge is -2.13. The molecule has 0 heterocycles. The van der Waals surface area contributed by atoms with E-state index in [0.29, 0.717) is 17.5 Å². The normalized spacial score (nSPS) is 12.7. The third-order valence-corrected chi connectivity index (χ3v) is 3.82. The van der Waals surface area contributed by atoms with Crippen molar-refractivity contribution < 1.29 is 5.11 Å². The maximum Gasteiger partial charge on any atom is 0.191 e. The number of hydrogen-bond acceptors (Lipinski definition) is 2. The molecule has 0 spiro atoms. The van der Waals surface area contributed by atoms with Crippen LogP contribution in [-0.4, -0.2) is 30.7 Å². The minimum atomic E-state index is -0.646. The van der Waals surface area contributed by atoms with Crippen LogP contribution in [0.5, 0.6) is 0 Å². The van der Waals surface area contributed by atoms with Gasteiger partial charge in [0.15, 0.2) is 5.96 Å². The summed E-state index contributed by atoms with van der Waals surface area (Å²) < 4.78 is 0. The molecule has 0 aliphatic rings. The monoisotopic (exact) mass is 345 g/mol. The maximum absolute atomic E-state index is 10.2. The van der Waals surface area contributed by atoms with Gasteiger partial charge in [0, 0.05) is 18.1 Å². The Hall–Kier alpha value is -2.04. The number of guanidine groups is 1. The summed E-state index contributed by atoms with van der Waals surface area (Å²) in [5.74, 6) is 0.710. The summed E-state index contributed by atoms with van der Waals surface area (Å²) in [6, 6.07) is 17.5. The quantitative estimate of drug-likeness (QED) is 0.533. The Morgan fingerprint density at radius 2 is 1.79 bits per heavy atom. The standard InChI is InChI=1S/C19H24ClN3O/c1-2-21-19(22-13-12-15-6-4-3-5-7-15)23-14-18(24)16-8-10-17(20)11-9-16/h3-11,18,24H,2,12-14H2,1H3,(H2,21,22,23). The van der Waals surface area contributed by atoms with Gasteiger partial charge >= 0.3 is 0 Å². The second kappa shape index (κ2) is 9.96. The molecule has 3 N–H and O–H groups in total. The molecule has 24 heavy (non-hydrogen) atoms. The molecule has 2 rings (SSSR count). The average Bonchev–Trinajstić information content (AvgIpc) is 2.61. The molecule has 0 radical (unpaired) electrons. The summed E-state index contributed by atoms with van der Waals surface area (Å²) in [5, 5.41) is 17.4. The van der Waals surface area contributed by atoms with Crippen molar-refractivity contribution in [3.8, 4) is 0 Å².